The van der Waals surface area contributed by atoms with E-state index in [1.807, 2.05) is 0 Å². The molecule has 2 N–H and O–H groups in total. The van der Waals surface area contributed by atoms with Crippen LogP contribution in [0.3, 0.4) is 0 Å². The quantitative estimate of drug-likeness (QED) is 0.115. The Balaban J connectivity index is 3.88. The maximum Gasteiger partial charge on any atom is 0.325 e. The van der Waals surface area contributed by atoms with Crippen molar-refractivity contribution in [3.63, 3.8) is 0 Å². The number of unbranched alkanes of at least 4 members (excludes halogenated alkanes) is 8. The van der Waals surface area contributed by atoms with E-state index in [0.717, 1.165) is 44.9 Å². The molecule has 0 saturated heterocycles. The largest absolute Gasteiger partial charge is 0.377 e. The summed E-state index contributed by atoms with van der Waals surface area (Å²) in [4.78, 5) is 17.5. The molecule has 0 fully saturated rings. The average Bonchev–Trinajstić information content (AvgIpc) is 2.65. The molecule has 0 amide bonds. The fraction of sp³-hybridized carbons (Fsp3) is 0.684. The smallest absolute Gasteiger partial charge is 0.325 e. The Morgan fingerprint density at radius 2 is 1.31 bits per heavy atom. The predicted octanol–water partition coefficient (Wildman–Crippen LogP) is 6.52. The van der Waals surface area contributed by atoms with E-state index >= 15 is 0 Å². The predicted molar refractivity (Wildman–Crippen MR) is 103 cm³/mol. The summed E-state index contributed by atoms with van der Waals surface area (Å²) in [5.41, 5.74) is -0.884. The van der Waals surface area contributed by atoms with Gasteiger partial charge in [-0.1, -0.05) is 51.5 Å². The molecular formula is C19H30F5O4P. The van der Waals surface area contributed by atoms with Gasteiger partial charge in [-0.3, -0.25) is 4.57 Å². The number of hydrogen-bond donors (Lipinski definition) is 2. The zero-order valence-electron chi connectivity index (χ0n) is 16.4. The molecule has 0 spiro atoms. The van der Waals surface area contributed by atoms with Crippen LogP contribution >= 0.6 is 7.60 Å². The summed E-state index contributed by atoms with van der Waals surface area (Å²) in [6.07, 6.45) is 7.49. The Bertz CT molecular complexity index is 601. The minimum absolute atomic E-state index is 0.0721. The van der Waals surface area contributed by atoms with Crippen molar-refractivity contribution in [3.05, 3.63) is 35.5 Å². The van der Waals surface area contributed by atoms with Crippen LogP contribution in [0, 0.1) is 0 Å². The molecule has 0 aromatic heterocycles. The summed E-state index contributed by atoms with van der Waals surface area (Å²) in [7, 11) is -3.89. The Morgan fingerprint density at radius 3 is 1.76 bits per heavy atom. The molecule has 0 rings (SSSR count). The number of alkyl halides is 1. The minimum atomic E-state index is -3.89. The second-order valence-corrected chi connectivity index (χ2v) is 8.45. The molecule has 0 aromatic carbocycles. The summed E-state index contributed by atoms with van der Waals surface area (Å²) in [5.74, 6) is -7.21. The van der Waals surface area contributed by atoms with E-state index in [2.05, 4.69) is 6.58 Å². The van der Waals surface area contributed by atoms with E-state index in [1.54, 1.807) is 0 Å². The molecule has 0 aliphatic heterocycles. The third-order valence-electron chi connectivity index (χ3n) is 4.13. The molecule has 29 heavy (non-hydrogen) atoms. The van der Waals surface area contributed by atoms with Crippen molar-refractivity contribution in [2.24, 2.45) is 0 Å². The SMILES string of the molecule is C=C(F)/C(COCCCCCCCCCCCP(=O)(O)O)=C(F)\C(F)=C(\F)CF. The highest BCUT2D eigenvalue weighted by Crippen LogP contribution is 2.35. The molecule has 0 atom stereocenters. The highest BCUT2D eigenvalue weighted by molar-refractivity contribution is 7.51. The van der Waals surface area contributed by atoms with Gasteiger partial charge in [0.2, 0.25) is 0 Å². The van der Waals surface area contributed by atoms with Gasteiger partial charge in [-0.05, 0) is 12.8 Å². The lowest BCUT2D eigenvalue weighted by Crippen LogP contribution is -2.04. The number of hydrogen-bond acceptors (Lipinski definition) is 2. The molecule has 170 valence electrons. The van der Waals surface area contributed by atoms with Crippen LogP contribution in [0.5, 0.6) is 0 Å². The van der Waals surface area contributed by atoms with Gasteiger partial charge in [-0.15, -0.1) is 0 Å². The highest BCUT2D eigenvalue weighted by atomic mass is 31.2. The summed E-state index contributed by atoms with van der Waals surface area (Å²) in [5, 5.41) is 0. The van der Waals surface area contributed by atoms with E-state index in [4.69, 9.17) is 14.5 Å². The van der Waals surface area contributed by atoms with Crippen LogP contribution in [0.4, 0.5) is 22.0 Å². The van der Waals surface area contributed by atoms with Gasteiger partial charge in [0.1, 0.15) is 12.5 Å². The second-order valence-electron chi connectivity index (χ2n) is 6.67. The first-order chi connectivity index (χ1) is 13.6. The monoisotopic (exact) mass is 448 g/mol. The van der Waals surface area contributed by atoms with E-state index in [0.29, 0.717) is 12.8 Å². The van der Waals surface area contributed by atoms with E-state index in [-0.39, 0.29) is 12.8 Å². The topological polar surface area (TPSA) is 66.8 Å². The lowest BCUT2D eigenvalue weighted by atomic mass is 10.1. The minimum Gasteiger partial charge on any atom is -0.377 e. The molecule has 10 heteroatoms. The maximum atomic E-state index is 13.7. The first kappa shape index (κ1) is 28.0. The van der Waals surface area contributed by atoms with E-state index in [1.165, 1.54) is 0 Å². The van der Waals surface area contributed by atoms with Crippen molar-refractivity contribution < 1.29 is 41.0 Å². The summed E-state index contributed by atoms with van der Waals surface area (Å²) in [6, 6.07) is 0. The van der Waals surface area contributed by atoms with Crippen LogP contribution in [0.1, 0.15) is 57.8 Å². The Labute approximate surface area is 168 Å². The number of ether oxygens (including phenoxy) is 1. The van der Waals surface area contributed by atoms with Crippen molar-refractivity contribution in [1.82, 2.24) is 0 Å². The van der Waals surface area contributed by atoms with Gasteiger partial charge in [-0.25, -0.2) is 22.0 Å². The van der Waals surface area contributed by atoms with Crippen LogP contribution < -0.4 is 0 Å². The van der Waals surface area contributed by atoms with Crippen LogP contribution in [-0.2, 0) is 9.30 Å². The molecular weight excluding hydrogens is 418 g/mol. The van der Waals surface area contributed by atoms with Crippen LogP contribution in [0.15, 0.2) is 35.5 Å². The fourth-order valence-corrected chi connectivity index (χ4v) is 3.14. The first-order valence-electron chi connectivity index (χ1n) is 9.56. The lowest BCUT2D eigenvalue weighted by molar-refractivity contribution is 0.148. The standard InChI is InChI=1S/C19H30F5O4P/c1-15(21)16(18(23)19(24)17(22)13-20)14-28-11-9-7-5-3-2-4-6-8-10-12-29(25,26)27/h1-14H2,(H2,25,26,27)/b18-16+,19-17-. The number of allylic oxidation sites excluding steroid dienone is 3. The summed E-state index contributed by atoms with van der Waals surface area (Å²) in [6.45, 7) is 0.543. The molecule has 0 heterocycles. The molecule has 0 bridgehead atoms. The van der Waals surface area contributed by atoms with Gasteiger partial charge < -0.3 is 14.5 Å². The Kier molecular flexibility index (Phi) is 15.2. The van der Waals surface area contributed by atoms with Gasteiger partial charge >= 0.3 is 7.60 Å². The van der Waals surface area contributed by atoms with Crippen molar-refractivity contribution in [1.29, 1.82) is 0 Å². The third-order valence-corrected chi connectivity index (χ3v) is 5.02. The molecule has 0 aliphatic rings. The molecule has 0 aromatic rings. The van der Waals surface area contributed by atoms with Crippen molar-refractivity contribution in [2.45, 2.75) is 57.8 Å². The van der Waals surface area contributed by atoms with Crippen molar-refractivity contribution >= 4 is 7.60 Å². The highest BCUT2D eigenvalue weighted by Gasteiger charge is 2.19. The average molecular weight is 448 g/mol. The molecule has 0 saturated carbocycles. The van der Waals surface area contributed by atoms with Gasteiger partial charge in [-0.2, -0.15) is 0 Å². The third kappa shape index (κ3) is 14.6. The lowest BCUT2D eigenvalue weighted by Gasteiger charge is -2.08. The molecule has 0 radical (unpaired) electrons. The van der Waals surface area contributed by atoms with Crippen molar-refractivity contribution in [3.8, 4) is 0 Å². The number of halogens is 5. The summed E-state index contributed by atoms with van der Waals surface area (Å²) >= 11 is 0. The van der Waals surface area contributed by atoms with E-state index < -0.39 is 49.8 Å². The Morgan fingerprint density at radius 1 is 0.828 bits per heavy atom. The Hall–Kier alpha value is -1.02. The maximum absolute atomic E-state index is 13.7. The van der Waals surface area contributed by atoms with Gasteiger partial charge in [0.15, 0.2) is 17.5 Å². The van der Waals surface area contributed by atoms with Crippen LogP contribution in [0.2, 0.25) is 0 Å². The van der Waals surface area contributed by atoms with E-state index in [9.17, 15) is 26.5 Å². The van der Waals surface area contributed by atoms with Crippen LogP contribution in [-0.4, -0.2) is 35.8 Å². The zero-order valence-corrected chi connectivity index (χ0v) is 17.3. The van der Waals surface area contributed by atoms with Gasteiger partial charge in [0, 0.05) is 12.8 Å². The van der Waals surface area contributed by atoms with Gasteiger partial charge in [0.25, 0.3) is 0 Å². The molecule has 0 aliphatic carbocycles. The molecule has 4 nitrogen and oxygen atoms in total. The normalized spacial score (nSPS) is 13.9. The number of rotatable bonds is 17. The summed E-state index contributed by atoms with van der Waals surface area (Å²) < 4.78 is 80.6. The van der Waals surface area contributed by atoms with Crippen molar-refractivity contribution in [2.75, 3.05) is 26.1 Å². The van der Waals surface area contributed by atoms with Crippen LogP contribution in [0.25, 0.3) is 0 Å². The second kappa shape index (κ2) is 15.8. The molecule has 0 unspecified atom stereocenters. The van der Waals surface area contributed by atoms with Gasteiger partial charge in [0.05, 0.1) is 12.2 Å². The first-order valence-corrected chi connectivity index (χ1v) is 11.4. The zero-order chi connectivity index (χ0) is 22.3. The fourth-order valence-electron chi connectivity index (χ4n) is 2.50.